The summed E-state index contributed by atoms with van der Waals surface area (Å²) < 4.78 is 1.84. The summed E-state index contributed by atoms with van der Waals surface area (Å²) in [5, 5.41) is 2.91. The molecule has 2 aromatic rings. The van der Waals surface area contributed by atoms with Crippen LogP contribution in [0.5, 0.6) is 0 Å². The highest BCUT2D eigenvalue weighted by Gasteiger charge is 1.98. The molecule has 0 aromatic carbocycles. The summed E-state index contributed by atoms with van der Waals surface area (Å²) in [5.41, 5.74) is 6.67. The predicted molar refractivity (Wildman–Crippen MR) is 74.9 cm³/mol. The van der Waals surface area contributed by atoms with Gasteiger partial charge in [-0.25, -0.2) is 15.0 Å². The molecule has 0 saturated heterocycles. The van der Waals surface area contributed by atoms with Crippen molar-refractivity contribution >= 4 is 5.96 Å². The van der Waals surface area contributed by atoms with Crippen LogP contribution in [0.15, 0.2) is 54.7 Å². The second-order valence-corrected chi connectivity index (χ2v) is 3.87. The molecule has 2 heterocycles. The van der Waals surface area contributed by atoms with Gasteiger partial charge < -0.3 is 11.1 Å². The first-order valence-corrected chi connectivity index (χ1v) is 5.87. The smallest absolute Gasteiger partial charge is 0.189 e. The molecule has 0 aliphatic heterocycles. The van der Waals surface area contributed by atoms with Gasteiger partial charge in [0.15, 0.2) is 5.96 Å². The maximum Gasteiger partial charge on any atom is 0.189 e. The van der Waals surface area contributed by atoms with Gasteiger partial charge in [0.05, 0.1) is 6.54 Å². The van der Waals surface area contributed by atoms with E-state index in [2.05, 4.69) is 26.9 Å². The number of nitrogens with two attached hydrogens (primary N) is 1. The Balaban J connectivity index is 1.97. The fourth-order valence-corrected chi connectivity index (χ4v) is 1.47. The number of nitrogens with zero attached hydrogens (tertiary/aromatic N) is 4. The van der Waals surface area contributed by atoms with Crippen molar-refractivity contribution in [2.75, 3.05) is 6.54 Å². The summed E-state index contributed by atoms with van der Waals surface area (Å²) in [5.74, 6) is 1.22. The van der Waals surface area contributed by atoms with E-state index in [1.807, 2.05) is 22.9 Å². The maximum absolute atomic E-state index is 5.67. The summed E-state index contributed by atoms with van der Waals surface area (Å²) in [4.78, 5) is 12.5. The highest BCUT2D eigenvalue weighted by Crippen LogP contribution is 2.06. The number of pyridine rings is 1. The molecule has 2 rings (SSSR count). The van der Waals surface area contributed by atoms with Gasteiger partial charge in [0, 0.05) is 25.1 Å². The zero-order chi connectivity index (χ0) is 13.5. The van der Waals surface area contributed by atoms with Gasteiger partial charge in [-0.05, 0) is 11.6 Å². The molecule has 0 aliphatic carbocycles. The number of aromatic nitrogens is 3. The molecule has 0 aliphatic rings. The van der Waals surface area contributed by atoms with Crippen LogP contribution in [0.3, 0.4) is 0 Å². The molecule has 0 fully saturated rings. The molecule has 2 aromatic heterocycles. The number of aliphatic imine (C=N–C) groups is 1. The molecule has 0 amide bonds. The van der Waals surface area contributed by atoms with Gasteiger partial charge in [-0.1, -0.05) is 12.1 Å². The highest BCUT2D eigenvalue weighted by atomic mass is 15.1. The van der Waals surface area contributed by atoms with Gasteiger partial charge in [0.25, 0.3) is 0 Å². The molecule has 98 valence electrons. The quantitative estimate of drug-likeness (QED) is 0.472. The Hall–Kier alpha value is -2.63. The van der Waals surface area contributed by atoms with Gasteiger partial charge in [-0.15, -0.1) is 6.58 Å². The zero-order valence-electron chi connectivity index (χ0n) is 10.5. The van der Waals surface area contributed by atoms with Gasteiger partial charge in [-0.3, -0.25) is 4.57 Å². The second-order valence-electron chi connectivity index (χ2n) is 3.87. The molecular weight excluding hydrogens is 240 g/mol. The fourth-order valence-electron chi connectivity index (χ4n) is 1.47. The maximum atomic E-state index is 5.67. The molecule has 0 unspecified atom stereocenters. The Morgan fingerprint density at radius 3 is 3.05 bits per heavy atom. The van der Waals surface area contributed by atoms with E-state index in [9.17, 15) is 0 Å². The number of hydrogen-bond donors (Lipinski definition) is 2. The molecule has 6 heteroatoms. The summed E-state index contributed by atoms with van der Waals surface area (Å²) in [6, 6.07) is 3.88. The third-order valence-corrected chi connectivity index (χ3v) is 2.44. The lowest BCUT2D eigenvalue weighted by atomic mass is 10.3. The number of imidazole rings is 1. The van der Waals surface area contributed by atoms with Crippen LogP contribution < -0.4 is 11.1 Å². The molecule has 0 saturated carbocycles. The van der Waals surface area contributed by atoms with E-state index in [0.717, 1.165) is 11.4 Å². The fraction of sp³-hybridized carbons (Fsp3) is 0.154. The minimum absolute atomic E-state index is 0.401. The minimum Gasteiger partial charge on any atom is -0.370 e. The van der Waals surface area contributed by atoms with Crippen LogP contribution in [-0.2, 0) is 6.54 Å². The predicted octanol–water partition coefficient (Wildman–Crippen LogP) is 0.858. The van der Waals surface area contributed by atoms with Crippen LogP contribution in [0.2, 0.25) is 0 Å². The Labute approximate surface area is 111 Å². The van der Waals surface area contributed by atoms with Crippen LogP contribution in [0.1, 0.15) is 5.56 Å². The van der Waals surface area contributed by atoms with E-state index in [4.69, 9.17) is 5.73 Å². The highest BCUT2D eigenvalue weighted by molar-refractivity contribution is 5.77. The van der Waals surface area contributed by atoms with E-state index in [-0.39, 0.29) is 0 Å². The van der Waals surface area contributed by atoms with Crippen LogP contribution in [0.25, 0.3) is 5.82 Å². The second kappa shape index (κ2) is 6.34. The van der Waals surface area contributed by atoms with Gasteiger partial charge in [0.1, 0.15) is 12.1 Å². The van der Waals surface area contributed by atoms with Crippen molar-refractivity contribution in [3.63, 3.8) is 0 Å². The number of rotatable bonds is 5. The Morgan fingerprint density at radius 2 is 2.42 bits per heavy atom. The molecule has 0 radical (unpaired) electrons. The Kier molecular flexibility index (Phi) is 4.28. The summed E-state index contributed by atoms with van der Waals surface area (Å²) in [6.45, 7) is 4.69. The van der Waals surface area contributed by atoms with E-state index in [1.165, 1.54) is 0 Å². The monoisotopic (exact) mass is 256 g/mol. The Morgan fingerprint density at radius 1 is 1.53 bits per heavy atom. The summed E-state index contributed by atoms with van der Waals surface area (Å²) in [7, 11) is 0. The molecule has 19 heavy (non-hydrogen) atoms. The van der Waals surface area contributed by atoms with Gasteiger partial charge >= 0.3 is 0 Å². The average molecular weight is 256 g/mol. The van der Waals surface area contributed by atoms with E-state index in [1.54, 1.807) is 24.8 Å². The van der Waals surface area contributed by atoms with Crippen molar-refractivity contribution in [1.82, 2.24) is 19.9 Å². The van der Waals surface area contributed by atoms with Crippen molar-refractivity contribution in [3.8, 4) is 5.82 Å². The first-order chi connectivity index (χ1) is 9.29. The average Bonchev–Trinajstić information content (AvgIpc) is 2.97. The number of hydrogen-bond acceptors (Lipinski definition) is 3. The summed E-state index contributed by atoms with van der Waals surface area (Å²) in [6.07, 6.45) is 8.77. The van der Waals surface area contributed by atoms with E-state index in [0.29, 0.717) is 19.0 Å². The van der Waals surface area contributed by atoms with E-state index >= 15 is 0 Å². The molecule has 0 spiro atoms. The summed E-state index contributed by atoms with van der Waals surface area (Å²) >= 11 is 0. The standard InChI is InChI=1S/C13H16N6/c1-2-5-16-13(14)18-9-11-3-4-12(17-8-11)19-7-6-15-10-19/h2-4,6-8,10H,1,5,9H2,(H3,14,16,18). The van der Waals surface area contributed by atoms with Crippen LogP contribution in [0.4, 0.5) is 0 Å². The number of guanidine groups is 1. The lowest BCUT2D eigenvalue weighted by molar-refractivity contribution is 0.947. The van der Waals surface area contributed by atoms with Crippen molar-refractivity contribution in [3.05, 3.63) is 55.3 Å². The third-order valence-electron chi connectivity index (χ3n) is 2.44. The van der Waals surface area contributed by atoms with Crippen molar-refractivity contribution in [1.29, 1.82) is 0 Å². The lowest BCUT2D eigenvalue weighted by Gasteiger charge is -2.04. The van der Waals surface area contributed by atoms with Crippen molar-refractivity contribution in [2.45, 2.75) is 6.54 Å². The number of nitrogens with one attached hydrogen (secondary N) is 1. The van der Waals surface area contributed by atoms with Gasteiger partial charge in [-0.2, -0.15) is 0 Å². The largest absolute Gasteiger partial charge is 0.370 e. The molecule has 0 bridgehead atoms. The molecular formula is C13H16N6. The molecule has 3 N–H and O–H groups in total. The Bertz CT molecular complexity index is 541. The van der Waals surface area contributed by atoms with Crippen molar-refractivity contribution in [2.24, 2.45) is 10.7 Å². The van der Waals surface area contributed by atoms with Gasteiger partial charge in [0.2, 0.25) is 0 Å². The first kappa shape index (κ1) is 12.8. The topological polar surface area (TPSA) is 81.1 Å². The SMILES string of the molecule is C=CCNC(N)=NCc1ccc(-n2ccnc2)nc1. The first-order valence-electron chi connectivity index (χ1n) is 5.87. The molecule has 0 atom stereocenters. The normalized spacial score (nSPS) is 11.3. The van der Waals surface area contributed by atoms with E-state index < -0.39 is 0 Å². The minimum atomic E-state index is 0.401. The van der Waals surface area contributed by atoms with Crippen LogP contribution >= 0.6 is 0 Å². The third kappa shape index (κ3) is 3.67. The zero-order valence-corrected chi connectivity index (χ0v) is 10.5. The van der Waals surface area contributed by atoms with Crippen LogP contribution in [-0.4, -0.2) is 27.0 Å². The lowest BCUT2D eigenvalue weighted by Crippen LogP contribution is -2.31. The van der Waals surface area contributed by atoms with Crippen molar-refractivity contribution < 1.29 is 0 Å². The van der Waals surface area contributed by atoms with Crippen LogP contribution in [0, 0.1) is 0 Å². The molecule has 6 nitrogen and oxygen atoms in total.